The molecule has 1 saturated heterocycles. The van der Waals surface area contributed by atoms with Crippen molar-refractivity contribution in [3.8, 4) is 0 Å². The van der Waals surface area contributed by atoms with E-state index in [-0.39, 0.29) is 11.9 Å². The molecule has 2 fully saturated rings. The summed E-state index contributed by atoms with van der Waals surface area (Å²) >= 11 is 0. The second-order valence-electron chi connectivity index (χ2n) is 8.63. The molecule has 2 aliphatic rings. The topological polar surface area (TPSA) is 52.6 Å². The first-order valence-electron chi connectivity index (χ1n) is 10.8. The maximum atomic E-state index is 12.0. The number of nitrogens with zero attached hydrogens (tertiary/aromatic N) is 1. The lowest BCUT2D eigenvalue weighted by Gasteiger charge is -2.46. The zero-order chi connectivity index (χ0) is 19.2. The molecule has 1 aliphatic carbocycles. The van der Waals surface area contributed by atoms with Gasteiger partial charge in [-0.1, -0.05) is 56.5 Å². The van der Waals surface area contributed by atoms with Gasteiger partial charge < -0.3 is 10.4 Å². The number of aliphatic hydroxyl groups excluding tert-OH is 1. The first-order valence-corrected chi connectivity index (χ1v) is 10.8. The van der Waals surface area contributed by atoms with Crippen molar-refractivity contribution in [1.82, 2.24) is 10.2 Å². The molecule has 4 heteroatoms. The van der Waals surface area contributed by atoms with Gasteiger partial charge in [-0.15, -0.1) is 0 Å². The van der Waals surface area contributed by atoms with E-state index in [0.29, 0.717) is 25.4 Å². The Labute approximate surface area is 164 Å². The smallest absolute Gasteiger partial charge is 0.220 e. The second-order valence-corrected chi connectivity index (χ2v) is 8.63. The van der Waals surface area contributed by atoms with Gasteiger partial charge in [0, 0.05) is 25.6 Å². The molecule has 4 unspecified atom stereocenters. The van der Waals surface area contributed by atoms with Crippen LogP contribution in [-0.4, -0.2) is 47.2 Å². The standard InChI is InChI=1S/C23H36N2O2/c1-3-23(27)24-21(14-18-9-5-4-6-10-18)22(26)16-25-15-20-12-8-7-11-19(20)13-17(25)2/h4-6,9-10,17,19-22,26H,3,7-8,11-16H2,1-2H3,(H,24,27)/t17-,19?,20?,21?,22?/m1/s1. The number of rotatable bonds is 7. The molecule has 27 heavy (non-hydrogen) atoms. The van der Waals surface area contributed by atoms with E-state index in [1.54, 1.807) is 0 Å². The van der Waals surface area contributed by atoms with Crippen LogP contribution in [-0.2, 0) is 11.2 Å². The van der Waals surface area contributed by atoms with Crippen LogP contribution in [0.4, 0.5) is 0 Å². The average Bonchev–Trinajstić information content (AvgIpc) is 2.68. The minimum atomic E-state index is -0.553. The molecule has 1 aromatic rings. The quantitative estimate of drug-likeness (QED) is 0.771. The minimum absolute atomic E-state index is 0.00835. The van der Waals surface area contributed by atoms with Crippen LogP contribution in [0, 0.1) is 11.8 Å². The number of aliphatic hydroxyl groups is 1. The number of hydrogen-bond donors (Lipinski definition) is 2. The highest BCUT2D eigenvalue weighted by Gasteiger charge is 2.36. The summed E-state index contributed by atoms with van der Waals surface area (Å²) in [5.41, 5.74) is 1.15. The zero-order valence-corrected chi connectivity index (χ0v) is 16.9. The summed E-state index contributed by atoms with van der Waals surface area (Å²) in [6, 6.07) is 10.4. The molecule has 0 bridgehead atoms. The Balaban J connectivity index is 1.63. The van der Waals surface area contributed by atoms with Crippen LogP contribution in [0.3, 0.4) is 0 Å². The monoisotopic (exact) mass is 372 g/mol. The lowest BCUT2D eigenvalue weighted by atomic mass is 9.73. The number of hydrogen-bond acceptors (Lipinski definition) is 3. The van der Waals surface area contributed by atoms with Crippen LogP contribution in [0.1, 0.15) is 57.9 Å². The van der Waals surface area contributed by atoms with E-state index in [1.807, 2.05) is 25.1 Å². The number of β-amino-alcohol motifs (C(OH)–C–C–N with tert-alkyl or cyclic N) is 1. The largest absolute Gasteiger partial charge is 0.390 e. The predicted molar refractivity (Wildman–Crippen MR) is 109 cm³/mol. The van der Waals surface area contributed by atoms with Gasteiger partial charge in [0.05, 0.1) is 12.1 Å². The normalized spacial score (nSPS) is 28.2. The summed E-state index contributed by atoms with van der Waals surface area (Å²) in [6.45, 7) is 5.90. The van der Waals surface area contributed by atoms with Crippen molar-refractivity contribution in [2.45, 2.75) is 77.0 Å². The molecule has 4 nitrogen and oxygen atoms in total. The minimum Gasteiger partial charge on any atom is -0.390 e. The van der Waals surface area contributed by atoms with E-state index >= 15 is 0 Å². The van der Waals surface area contributed by atoms with E-state index in [2.05, 4.69) is 29.3 Å². The predicted octanol–water partition coefficient (Wildman–Crippen LogP) is 3.39. The lowest BCUT2D eigenvalue weighted by molar-refractivity contribution is -0.122. The molecule has 2 N–H and O–H groups in total. The molecule has 1 amide bonds. The fourth-order valence-corrected chi connectivity index (χ4v) is 4.99. The summed E-state index contributed by atoms with van der Waals surface area (Å²) in [7, 11) is 0. The van der Waals surface area contributed by atoms with Gasteiger partial charge in [0.2, 0.25) is 5.91 Å². The van der Waals surface area contributed by atoms with E-state index in [0.717, 1.165) is 23.9 Å². The van der Waals surface area contributed by atoms with Crippen molar-refractivity contribution in [2.24, 2.45) is 11.8 Å². The van der Waals surface area contributed by atoms with Gasteiger partial charge in [0.1, 0.15) is 0 Å². The first kappa shape index (κ1) is 20.3. The van der Waals surface area contributed by atoms with Crippen molar-refractivity contribution in [1.29, 1.82) is 0 Å². The Kier molecular flexibility index (Phi) is 7.31. The Bertz CT molecular complexity index is 591. The van der Waals surface area contributed by atoms with Crippen LogP contribution in [0.2, 0.25) is 0 Å². The molecule has 1 saturated carbocycles. The van der Waals surface area contributed by atoms with Gasteiger partial charge in [-0.2, -0.15) is 0 Å². The number of fused-ring (bicyclic) bond motifs is 1. The molecule has 0 aromatic heterocycles. The SMILES string of the molecule is CCC(=O)NC(Cc1ccccc1)C(O)CN1CC2CCCCC2C[C@H]1C. The molecule has 0 radical (unpaired) electrons. The Morgan fingerprint density at radius 1 is 1.22 bits per heavy atom. The van der Waals surface area contributed by atoms with Gasteiger partial charge in [-0.25, -0.2) is 0 Å². The van der Waals surface area contributed by atoms with Crippen molar-refractivity contribution in [3.05, 3.63) is 35.9 Å². The van der Waals surface area contributed by atoms with Gasteiger partial charge in [-0.3, -0.25) is 9.69 Å². The van der Waals surface area contributed by atoms with E-state index in [1.165, 1.54) is 32.1 Å². The summed E-state index contributed by atoms with van der Waals surface area (Å²) in [5.74, 6) is 1.68. The molecule has 0 spiro atoms. The molecular weight excluding hydrogens is 336 g/mol. The average molecular weight is 373 g/mol. The number of amides is 1. The third-order valence-corrected chi connectivity index (χ3v) is 6.65. The van der Waals surface area contributed by atoms with Crippen molar-refractivity contribution in [3.63, 3.8) is 0 Å². The Morgan fingerprint density at radius 2 is 1.93 bits per heavy atom. The number of carbonyl (C=O) groups is 1. The fourth-order valence-electron chi connectivity index (χ4n) is 4.99. The zero-order valence-electron chi connectivity index (χ0n) is 16.9. The van der Waals surface area contributed by atoms with Crippen LogP contribution in [0.25, 0.3) is 0 Å². The molecule has 1 aromatic carbocycles. The second kappa shape index (κ2) is 9.70. The maximum Gasteiger partial charge on any atom is 0.220 e. The molecule has 1 aliphatic heterocycles. The highest BCUT2D eigenvalue weighted by molar-refractivity contribution is 5.75. The van der Waals surface area contributed by atoms with Gasteiger partial charge in [0.15, 0.2) is 0 Å². The third kappa shape index (κ3) is 5.55. The molecular formula is C23H36N2O2. The van der Waals surface area contributed by atoms with E-state index in [4.69, 9.17) is 0 Å². The van der Waals surface area contributed by atoms with Crippen LogP contribution < -0.4 is 5.32 Å². The van der Waals surface area contributed by atoms with E-state index < -0.39 is 6.10 Å². The third-order valence-electron chi connectivity index (χ3n) is 6.65. The van der Waals surface area contributed by atoms with E-state index in [9.17, 15) is 9.90 Å². The van der Waals surface area contributed by atoms with Gasteiger partial charge in [0.25, 0.3) is 0 Å². The first-order chi connectivity index (χ1) is 13.1. The van der Waals surface area contributed by atoms with Crippen LogP contribution >= 0.6 is 0 Å². The maximum absolute atomic E-state index is 12.0. The summed E-state index contributed by atoms with van der Waals surface area (Å²) in [4.78, 5) is 14.5. The molecule has 1 heterocycles. The highest BCUT2D eigenvalue weighted by Crippen LogP contribution is 2.38. The lowest BCUT2D eigenvalue weighted by Crippen LogP contribution is -2.54. The summed E-state index contributed by atoms with van der Waals surface area (Å²) < 4.78 is 0. The van der Waals surface area contributed by atoms with Crippen molar-refractivity contribution in [2.75, 3.05) is 13.1 Å². The highest BCUT2D eigenvalue weighted by atomic mass is 16.3. The molecule has 3 rings (SSSR count). The van der Waals surface area contributed by atoms with Gasteiger partial charge in [-0.05, 0) is 43.6 Å². The number of likely N-dealkylation sites (tertiary alicyclic amines) is 1. The number of piperidine rings is 1. The number of carbonyl (C=O) groups excluding carboxylic acids is 1. The Hall–Kier alpha value is -1.39. The van der Waals surface area contributed by atoms with Crippen LogP contribution in [0.5, 0.6) is 0 Å². The summed E-state index contributed by atoms with van der Waals surface area (Å²) in [6.07, 6.45) is 7.28. The molecule has 150 valence electrons. The van der Waals surface area contributed by atoms with Gasteiger partial charge >= 0.3 is 0 Å². The number of benzene rings is 1. The molecule has 5 atom stereocenters. The van der Waals surface area contributed by atoms with Crippen LogP contribution in [0.15, 0.2) is 30.3 Å². The number of nitrogens with one attached hydrogen (secondary N) is 1. The Morgan fingerprint density at radius 3 is 2.63 bits per heavy atom. The van der Waals surface area contributed by atoms with Crippen molar-refractivity contribution >= 4 is 5.91 Å². The fraction of sp³-hybridized carbons (Fsp3) is 0.696. The van der Waals surface area contributed by atoms with Crippen molar-refractivity contribution < 1.29 is 9.90 Å². The summed E-state index contributed by atoms with van der Waals surface area (Å²) in [5, 5.41) is 14.1.